The summed E-state index contributed by atoms with van der Waals surface area (Å²) >= 11 is 6.07. The number of hydrogen-bond acceptors (Lipinski definition) is 4. The molecule has 1 atom stereocenters. The van der Waals surface area contributed by atoms with Crippen LogP contribution in [0.3, 0.4) is 0 Å². The standard InChI is InChI=1S/C19H17ClN4O2/c1-12-15(20)9-6-10-16(12)22-18(25)13(2)24-19(26)23-17(11-21-24)14-7-4-3-5-8-14/h3-11,13H,1-2H3,(H,22,25)/t13-/m0/s1. The summed E-state index contributed by atoms with van der Waals surface area (Å²) in [7, 11) is 0. The molecule has 3 rings (SSSR count). The van der Waals surface area contributed by atoms with E-state index in [4.69, 9.17) is 11.6 Å². The highest BCUT2D eigenvalue weighted by Gasteiger charge is 2.19. The molecule has 6 nitrogen and oxygen atoms in total. The molecule has 0 fully saturated rings. The van der Waals surface area contributed by atoms with Crippen LogP contribution in [0.4, 0.5) is 5.69 Å². The maximum atomic E-state index is 12.5. The van der Waals surface area contributed by atoms with Crippen LogP contribution in [0.25, 0.3) is 11.3 Å². The van der Waals surface area contributed by atoms with Crippen molar-refractivity contribution >= 4 is 23.2 Å². The van der Waals surface area contributed by atoms with Gasteiger partial charge in [-0.15, -0.1) is 0 Å². The van der Waals surface area contributed by atoms with Gasteiger partial charge in [-0.3, -0.25) is 4.79 Å². The van der Waals surface area contributed by atoms with E-state index in [1.807, 2.05) is 37.3 Å². The molecule has 0 unspecified atom stereocenters. The second-order valence-electron chi connectivity index (χ2n) is 5.81. The minimum absolute atomic E-state index is 0.376. The second kappa shape index (κ2) is 7.49. The van der Waals surface area contributed by atoms with Crippen LogP contribution in [0.1, 0.15) is 18.5 Å². The lowest BCUT2D eigenvalue weighted by molar-refractivity contribution is -0.119. The molecule has 0 aliphatic carbocycles. The Balaban J connectivity index is 1.83. The van der Waals surface area contributed by atoms with E-state index in [1.54, 1.807) is 25.1 Å². The summed E-state index contributed by atoms with van der Waals surface area (Å²) < 4.78 is 1.06. The van der Waals surface area contributed by atoms with Gasteiger partial charge in [-0.1, -0.05) is 48.0 Å². The van der Waals surface area contributed by atoms with Gasteiger partial charge < -0.3 is 5.32 Å². The highest BCUT2D eigenvalue weighted by Crippen LogP contribution is 2.23. The lowest BCUT2D eigenvalue weighted by Crippen LogP contribution is -2.35. The Labute approximate surface area is 155 Å². The van der Waals surface area contributed by atoms with Gasteiger partial charge in [-0.25, -0.2) is 9.48 Å². The Morgan fingerprint density at radius 2 is 1.88 bits per heavy atom. The number of carbonyl (C=O) groups is 1. The van der Waals surface area contributed by atoms with E-state index in [0.717, 1.165) is 15.8 Å². The third kappa shape index (κ3) is 3.65. The van der Waals surface area contributed by atoms with Crippen molar-refractivity contribution in [1.29, 1.82) is 0 Å². The van der Waals surface area contributed by atoms with Crippen molar-refractivity contribution in [2.45, 2.75) is 19.9 Å². The Morgan fingerprint density at radius 1 is 1.15 bits per heavy atom. The molecule has 0 aliphatic rings. The van der Waals surface area contributed by atoms with Crippen LogP contribution >= 0.6 is 11.6 Å². The third-order valence-corrected chi connectivity index (χ3v) is 4.47. The summed E-state index contributed by atoms with van der Waals surface area (Å²) in [6.07, 6.45) is 1.48. The molecule has 26 heavy (non-hydrogen) atoms. The van der Waals surface area contributed by atoms with E-state index in [2.05, 4.69) is 15.4 Å². The maximum Gasteiger partial charge on any atom is 0.365 e. The summed E-state index contributed by atoms with van der Waals surface area (Å²) in [5, 5.41) is 7.44. The van der Waals surface area contributed by atoms with Crippen molar-refractivity contribution in [2.24, 2.45) is 0 Å². The van der Waals surface area contributed by atoms with Crippen molar-refractivity contribution in [2.75, 3.05) is 5.32 Å². The molecule has 1 amide bonds. The molecule has 0 aliphatic heterocycles. The van der Waals surface area contributed by atoms with E-state index in [9.17, 15) is 9.59 Å². The number of amides is 1. The summed E-state index contributed by atoms with van der Waals surface area (Å²) in [5.41, 5.74) is 2.02. The SMILES string of the molecule is Cc1c(Cl)cccc1NC(=O)[C@H](C)n1ncc(-c2ccccc2)nc1=O. The highest BCUT2D eigenvalue weighted by atomic mass is 35.5. The highest BCUT2D eigenvalue weighted by molar-refractivity contribution is 6.31. The predicted octanol–water partition coefficient (Wildman–Crippen LogP) is 3.47. The quantitative estimate of drug-likeness (QED) is 0.765. The van der Waals surface area contributed by atoms with Crippen LogP contribution in [0.2, 0.25) is 5.02 Å². The first-order valence-corrected chi connectivity index (χ1v) is 8.42. The van der Waals surface area contributed by atoms with E-state index in [1.165, 1.54) is 6.20 Å². The molecule has 3 aromatic rings. The third-order valence-electron chi connectivity index (χ3n) is 4.06. The fraction of sp³-hybridized carbons (Fsp3) is 0.158. The van der Waals surface area contributed by atoms with Gasteiger partial charge in [0.15, 0.2) is 0 Å². The smallest absolute Gasteiger partial charge is 0.324 e. The Bertz CT molecular complexity index is 1000. The lowest BCUT2D eigenvalue weighted by Gasteiger charge is -2.15. The number of nitrogens with one attached hydrogen (secondary N) is 1. The van der Waals surface area contributed by atoms with Gasteiger partial charge in [0.2, 0.25) is 5.91 Å². The minimum atomic E-state index is -0.821. The van der Waals surface area contributed by atoms with Gasteiger partial charge in [-0.2, -0.15) is 10.1 Å². The number of rotatable bonds is 4. The van der Waals surface area contributed by atoms with Crippen molar-refractivity contribution in [3.63, 3.8) is 0 Å². The molecule has 7 heteroatoms. The summed E-state index contributed by atoms with van der Waals surface area (Å²) in [6, 6.07) is 13.7. The molecular weight excluding hydrogens is 352 g/mol. The van der Waals surface area contributed by atoms with Gasteiger partial charge in [-0.05, 0) is 31.5 Å². The summed E-state index contributed by atoms with van der Waals surface area (Å²) in [6.45, 7) is 3.40. The van der Waals surface area contributed by atoms with Crippen molar-refractivity contribution < 1.29 is 4.79 Å². The zero-order chi connectivity index (χ0) is 18.7. The first-order valence-electron chi connectivity index (χ1n) is 8.04. The van der Waals surface area contributed by atoms with Gasteiger partial charge in [0.05, 0.1) is 11.9 Å². The maximum absolute atomic E-state index is 12.5. The molecule has 0 radical (unpaired) electrons. The molecule has 0 bridgehead atoms. The van der Waals surface area contributed by atoms with E-state index in [0.29, 0.717) is 16.4 Å². The average molecular weight is 369 g/mol. The Kier molecular flexibility index (Phi) is 5.14. The van der Waals surface area contributed by atoms with Crippen molar-refractivity contribution in [3.8, 4) is 11.3 Å². The van der Waals surface area contributed by atoms with Crippen molar-refractivity contribution in [1.82, 2.24) is 14.8 Å². The minimum Gasteiger partial charge on any atom is -0.324 e. The molecule has 0 saturated carbocycles. The first-order chi connectivity index (χ1) is 12.5. The average Bonchev–Trinajstić information content (AvgIpc) is 2.65. The van der Waals surface area contributed by atoms with Gasteiger partial charge in [0, 0.05) is 16.3 Å². The number of hydrogen-bond donors (Lipinski definition) is 1. The zero-order valence-electron chi connectivity index (χ0n) is 14.3. The Morgan fingerprint density at radius 3 is 2.58 bits per heavy atom. The van der Waals surface area contributed by atoms with E-state index >= 15 is 0 Å². The van der Waals surface area contributed by atoms with Crippen LogP contribution in [-0.4, -0.2) is 20.7 Å². The fourth-order valence-corrected chi connectivity index (χ4v) is 2.63. The predicted molar refractivity (Wildman–Crippen MR) is 101 cm³/mol. The van der Waals surface area contributed by atoms with Gasteiger partial charge >= 0.3 is 5.69 Å². The van der Waals surface area contributed by atoms with Crippen LogP contribution in [0, 0.1) is 6.92 Å². The summed E-state index contributed by atoms with van der Waals surface area (Å²) in [5.74, 6) is -0.376. The zero-order valence-corrected chi connectivity index (χ0v) is 15.1. The first kappa shape index (κ1) is 17.8. The summed E-state index contributed by atoms with van der Waals surface area (Å²) in [4.78, 5) is 28.9. The molecule has 1 aromatic heterocycles. The van der Waals surface area contributed by atoms with Crippen LogP contribution < -0.4 is 11.0 Å². The molecular formula is C19H17ClN4O2. The largest absolute Gasteiger partial charge is 0.365 e. The number of anilines is 1. The molecule has 1 N–H and O–H groups in total. The monoisotopic (exact) mass is 368 g/mol. The normalized spacial score (nSPS) is 11.8. The van der Waals surface area contributed by atoms with E-state index in [-0.39, 0.29) is 5.91 Å². The molecule has 2 aromatic carbocycles. The molecule has 0 spiro atoms. The molecule has 1 heterocycles. The number of halogens is 1. The van der Waals surface area contributed by atoms with Gasteiger partial charge in [0.1, 0.15) is 6.04 Å². The topological polar surface area (TPSA) is 76.9 Å². The van der Waals surface area contributed by atoms with Crippen molar-refractivity contribution in [3.05, 3.63) is 75.8 Å². The van der Waals surface area contributed by atoms with Crippen LogP contribution in [-0.2, 0) is 4.79 Å². The number of aromatic nitrogens is 3. The lowest BCUT2D eigenvalue weighted by atomic mass is 10.2. The number of benzene rings is 2. The van der Waals surface area contributed by atoms with Crippen LogP contribution in [0.5, 0.6) is 0 Å². The van der Waals surface area contributed by atoms with Crippen LogP contribution in [0.15, 0.2) is 59.5 Å². The molecule has 132 valence electrons. The van der Waals surface area contributed by atoms with Gasteiger partial charge in [0.25, 0.3) is 0 Å². The fourth-order valence-electron chi connectivity index (χ4n) is 2.45. The number of carbonyl (C=O) groups excluding carboxylic acids is 1. The number of nitrogens with zero attached hydrogens (tertiary/aromatic N) is 3. The Hall–Kier alpha value is -2.99. The van der Waals surface area contributed by atoms with E-state index < -0.39 is 11.7 Å². The second-order valence-corrected chi connectivity index (χ2v) is 6.22. The molecule has 0 saturated heterocycles.